The molecule has 2 aliphatic carbocycles. The lowest BCUT2D eigenvalue weighted by Crippen LogP contribution is -2.55. The minimum atomic E-state index is -0.396. The molecule has 5 heteroatoms. The molecule has 140 valence electrons. The van der Waals surface area contributed by atoms with Crippen molar-refractivity contribution >= 4 is 17.5 Å². The molecule has 3 aliphatic rings. The van der Waals surface area contributed by atoms with Crippen LogP contribution < -0.4 is 16.0 Å². The second-order valence-electron chi connectivity index (χ2n) is 8.23. The molecular weight excluding hydrogens is 326 g/mol. The van der Waals surface area contributed by atoms with Crippen LogP contribution >= 0.6 is 0 Å². The summed E-state index contributed by atoms with van der Waals surface area (Å²) in [4.78, 5) is 27.6. The molecule has 1 aromatic rings. The van der Waals surface area contributed by atoms with Crippen LogP contribution in [-0.4, -0.2) is 30.4 Å². The number of nitrogens with two attached hydrogens (primary N) is 1. The standard InChI is InChI=1S/C21H29N3O2/c22-19-14-6-4-7-15(19)13-16(12-14)20(25)23-18-10-5-11-24(21(18)26)17-8-2-1-3-9-17/h1-3,8-9,14-16,18-19H,4-7,10-13,22H2,(H,23,25). The van der Waals surface area contributed by atoms with Gasteiger partial charge >= 0.3 is 0 Å². The second-order valence-corrected chi connectivity index (χ2v) is 8.23. The molecule has 26 heavy (non-hydrogen) atoms. The van der Waals surface area contributed by atoms with E-state index < -0.39 is 6.04 Å². The molecule has 3 unspecified atom stereocenters. The summed E-state index contributed by atoms with van der Waals surface area (Å²) in [6.07, 6.45) is 6.93. The van der Waals surface area contributed by atoms with E-state index in [0.717, 1.165) is 50.8 Å². The highest BCUT2D eigenvalue weighted by molar-refractivity contribution is 6.00. The number of piperidine rings is 1. The van der Waals surface area contributed by atoms with Crippen LogP contribution in [0, 0.1) is 17.8 Å². The fraction of sp³-hybridized carbons (Fsp3) is 0.619. The Bertz CT molecular complexity index is 648. The minimum absolute atomic E-state index is 0.0171. The van der Waals surface area contributed by atoms with Gasteiger partial charge in [-0.25, -0.2) is 0 Å². The molecule has 0 radical (unpaired) electrons. The molecule has 0 aromatic heterocycles. The first-order valence-corrected chi connectivity index (χ1v) is 10.1. The van der Waals surface area contributed by atoms with Crippen molar-refractivity contribution in [2.24, 2.45) is 23.5 Å². The zero-order chi connectivity index (χ0) is 18.1. The molecule has 0 spiro atoms. The van der Waals surface area contributed by atoms with E-state index in [1.165, 1.54) is 6.42 Å². The van der Waals surface area contributed by atoms with Crippen molar-refractivity contribution in [3.8, 4) is 0 Å². The maximum atomic E-state index is 12.9. The van der Waals surface area contributed by atoms with Crippen LogP contribution in [0.2, 0.25) is 0 Å². The van der Waals surface area contributed by atoms with Gasteiger partial charge in [0, 0.05) is 24.2 Å². The van der Waals surface area contributed by atoms with Crippen molar-refractivity contribution < 1.29 is 9.59 Å². The van der Waals surface area contributed by atoms with Crippen LogP contribution in [0.25, 0.3) is 0 Å². The Morgan fingerprint density at radius 3 is 2.42 bits per heavy atom. The molecular formula is C21H29N3O2. The lowest BCUT2D eigenvalue weighted by Gasteiger charge is -2.44. The summed E-state index contributed by atoms with van der Waals surface area (Å²) < 4.78 is 0. The van der Waals surface area contributed by atoms with Gasteiger partial charge in [0.05, 0.1) is 0 Å². The Hall–Kier alpha value is -1.88. The largest absolute Gasteiger partial charge is 0.344 e. The summed E-state index contributed by atoms with van der Waals surface area (Å²) in [5, 5.41) is 3.07. The molecule has 1 heterocycles. The minimum Gasteiger partial charge on any atom is -0.344 e. The van der Waals surface area contributed by atoms with E-state index in [1.54, 1.807) is 4.90 Å². The van der Waals surface area contributed by atoms with E-state index in [0.29, 0.717) is 11.8 Å². The monoisotopic (exact) mass is 355 g/mol. The second kappa shape index (κ2) is 7.39. The Morgan fingerprint density at radius 2 is 1.73 bits per heavy atom. The van der Waals surface area contributed by atoms with Crippen molar-refractivity contribution in [3.05, 3.63) is 30.3 Å². The predicted octanol–water partition coefficient (Wildman–Crippen LogP) is 2.45. The molecule has 1 saturated heterocycles. The molecule has 4 rings (SSSR count). The van der Waals surface area contributed by atoms with Gasteiger partial charge in [-0.3, -0.25) is 9.59 Å². The third-order valence-corrected chi connectivity index (χ3v) is 6.61. The van der Waals surface area contributed by atoms with Crippen LogP contribution in [0.4, 0.5) is 5.69 Å². The number of nitrogens with one attached hydrogen (secondary N) is 1. The molecule has 3 fully saturated rings. The first-order chi connectivity index (χ1) is 12.6. The van der Waals surface area contributed by atoms with Gasteiger partial charge in [0.25, 0.3) is 0 Å². The number of rotatable bonds is 3. The summed E-state index contributed by atoms with van der Waals surface area (Å²) in [6.45, 7) is 0.720. The van der Waals surface area contributed by atoms with Crippen molar-refractivity contribution in [1.29, 1.82) is 0 Å². The molecule has 2 amide bonds. The van der Waals surface area contributed by atoms with E-state index in [2.05, 4.69) is 5.32 Å². The van der Waals surface area contributed by atoms with Gasteiger partial charge in [0.15, 0.2) is 0 Å². The van der Waals surface area contributed by atoms with Crippen LogP contribution in [0.1, 0.15) is 44.9 Å². The zero-order valence-electron chi connectivity index (χ0n) is 15.3. The highest BCUT2D eigenvalue weighted by Gasteiger charge is 2.41. The Kier molecular flexibility index (Phi) is 4.98. The van der Waals surface area contributed by atoms with Gasteiger partial charge in [-0.2, -0.15) is 0 Å². The molecule has 3 atom stereocenters. The van der Waals surface area contributed by atoms with Gasteiger partial charge in [-0.1, -0.05) is 24.6 Å². The van der Waals surface area contributed by atoms with E-state index >= 15 is 0 Å². The molecule has 1 aromatic carbocycles. The summed E-state index contributed by atoms with van der Waals surface area (Å²) in [7, 11) is 0. The third kappa shape index (κ3) is 3.37. The first kappa shape index (κ1) is 17.5. The zero-order valence-corrected chi connectivity index (χ0v) is 15.3. The number of benzene rings is 1. The number of carbonyl (C=O) groups excluding carboxylic acids is 2. The molecule has 1 aliphatic heterocycles. The van der Waals surface area contributed by atoms with Crippen LogP contribution in [-0.2, 0) is 9.59 Å². The average molecular weight is 355 g/mol. The molecule has 2 saturated carbocycles. The third-order valence-electron chi connectivity index (χ3n) is 6.61. The van der Waals surface area contributed by atoms with Gasteiger partial charge in [0.2, 0.25) is 11.8 Å². The van der Waals surface area contributed by atoms with Crippen molar-refractivity contribution in [2.75, 3.05) is 11.4 Å². The first-order valence-electron chi connectivity index (χ1n) is 10.1. The summed E-state index contributed by atoms with van der Waals surface area (Å²) in [5.74, 6) is 1.04. The van der Waals surface area contributed by atoms with E-state index in [1.807, 2.05) is 30.3 Å². The Morgan fingerprint density at radius 1 is 1.04 bits per heavy atom. The predicted molar refractivity (Wildman–Crippen MR) is 101 cm³/mol. The topological polar surface area (TPSA) is 75.4 Å². The fourth-order valence-corrected chi connectivity index (χ4v) is 5.17. The number of carbonyl (C=O) groups is 2. The number of hydrogen-bond acceptors (Lipinski definition) is 3. The Labute approximate surface area is 155 Å². The summed E-state index contributed by atoms with van der Waals surface area (Å²) in [6, 6.07) is 9.59. The van der Waals surface area contributed by atoms with E-state index in [4.69, 9.17) is 5.73 Å². The summed E-state index contributed by atoms with van der Waals surface area (Å²) >= 11 is 0. The number of amides is 2. The van der Waals surface area contributed by atoms with Crippen LogP contribution in [0.3, 0.4) is 0 Å². The lowest BCUT2D eigenvalue weighted by molar-refractivity contribution is -0.132. The van der Waals surface area contributed by atoms with E-state index in [9.17, 15) is 9.59 Å². The van der Waals surface area contributed by atoms with Gasteiger partial charge < -0.3 is 16.0 Å². The smallest absolute Gasteiger partial charge is 0.249 e. The Balaban J connectivity index is 1.40. The maximum absolute atomic E-state index is 12.9. The van der Waals surface area contributed by atoms with E-state index in [-0.39, 0.29) is 23.8 Å². The highest BCUT2D eigenvalue weighted by Crippen LogP contribution is 2.42. The van der Waals surface area contributed by atoms with Gasteiger partial charge in [0.1, 0.15) is 6.04 Å². The quantitative estimate of drug-likeness (QED) is 0.874. The summed E-state index contributed by atoms with van der Waals surface area (Å²) in [5.41, 5.74) is 7.25. The van der Waals surface area contributed by atoms with Crippen LogP contribution in [0.15, 0.2) is 30.3 Å². The average Bonchev–Trinajstić information content (AvgIpc) is 2.64. The molecule has 2 bridgehead atoms. The van der Waals surface area contributed by atoms with Crippen molar-refractivity contribution in [1.82, 2.24) is 5.32 Å². The number of nitrogens with zero attached hydrogens (tertiary/aromatic N) is 1. The normalized spacial score (nSPS) is 34.4. The number of hydrogen-bond donors (Lipinski definition) is 2. The number of fused-ring (bicyclic) bond motifs is 2. The highest BCUT2D eigenvalue weighted by atomic mass is 16.2. The SMILES string of the molecule is NC1C2CCCC1CC(C(=O)NC1CCCN(c3ccccc3)C1=O)C2. The fourth-order valence-electron chi connectivity index (χ4n) is 5.17. The molecule has 5 nitrogen and oxygen atoms in total. The maximum Gasteiger partial charge on any atom is 0.249 e. The van der Waals surface area contributed by atoms with Crippen molar-refractivity contribution in [3.63, 3.8) is 0 Å². The molecule has 3 N–H and O–H groups in total. The van der Waals surface area contributed by atoms with Gasteiger partial charge in [-0.05, 0) is 62.5 Å². The lowest BCUT2D eigenvalue weighted by atomic mass is 9.65. The van der Waals surface area contributed by atoms with Crippen molar-refractivity contribution in [2.45, 2.75) is 57.0 Å². The number of anilines is 1. The number of para-hydroxylation sites is 1. The van der Waals surface area contributed by atoms with Gasteiger partial charge in [-0.15, -0.1) is 0 Å². The van der Waals surface area contributed by atoms with Crippen LogP contribution in [0.5, 0.6) is 0 Å².